The van der Waals surface area contributed by atoms with Crippen LogP contribution in [0.15, 0.2) is 89.1 Å². The van der Waals surface area contributed by atoms with Gasteiger partial charge in [-0.25, -0.2) is 13.4 Å². The fourth-order valence-corrected chi connectivity index (χ4v) is 5.63. The van der Waals surface area contributed by atoms with Gasteiger partial charge in [-0.3, -0.25) is 10.1 Å². The summed E-state index contributed by atoms with van der Waals surface area (Å²) in [5.74, 6) is 0.395. The maximum Gasteiger partial charge on any atom is 0.257 e. The summed E-state index contributed by atoms with van der Waals surface area (Å²) in [5.41, 5.74) is 2.91. The molecule has 0 saturated carbocycles. The van der Waals surface area contributed by atoms with E-state index in [1.165, 1.54) is 39.9 Å². The van der Waals surface area contributed by atoms with Crippen LogP contribution in [0.5, 0.6) is 5.75 Å². The molecule has 0 aliphatic rings. The van der Waals surface area contributed by atoms with Gasteiger partial charge in [0.2, 0.25) is 10.0 Å². The van der Waals surface area contributed by atoms with Crippen LogP contribution in [-0.4, -0.2) is 37.3 Å². The fourth-order valence-electron chi connectivity index (χ4n) is 3.48. The highest BCUT2D eigenvalue weighted by atomic mass is 32.2. The largest absolute Gasteiger partial charge is 0.497 e. The molecule has 180 valence electrons. The van der Waals surface area contributed by atoms with Crippen molar-refractivity contribution in [1.29, 1.82) is 0 Å². The number of rotatable bonds is 9. The van der Waals surface area contributed by atoms with Crippen LogP contribution in [0.25, 0.3) is 11.3 Å². The van der Waals surface area contributed by atoms with Gasteiger partial charge in [-0.2, -0.15) is 4.31 Å². The fraction of sp³-hybridized carbons (Fsp3) is 0.154. The zero-order valence-electron chi connectivity index (χ0n) is 19.3. The Morgan fingerprint density at radius 1 is 1.00 bits per heavy atom. The minimum absolute atomic E-state index is 0.142. The molecule has 0 fully saturated rings. The molecule has 1 amide bonds. The topological polar surface area (TPSA) is 88.6 Å². The average molecular weight is 508 g/mol. The standard InChI is InChI=1S/C26H25N3O4S2/c1-3-29(17-19-7-5-4-6-8-19)35(31,32)23-15-11-21(12-16-23)25(30)28-26-27-24(18-34-26)20-9-13-22(33-2)14-10-20/h4-16,18H,3,17H2,1-2H3,(H,27,28,30). The number of aromatic nitrogens is 1. The summed E-state index contributed by atoms with van der Waals surface area (Å²) in [6, 6.07) is 22.9. The smallest absolute Gasteiger partial charge is 0.257 e. The van der Waals surface area contributed by atoms with Crippen molar-refractivity contribution in [1.82, 2.24) is 9.29 Å². The molecule has 0 bridgehead atoms. The minimum Gasteiger partial charge on any atom is -0.497 e. The average Bonchev–Trinajstić information content (AvgIpc) is 3.36. The van der Waals surface area contributed by atoms with E-state index in [0.29, 0.717) is 17.2 Å². The molecule has 0 saturated heterocycles. The summed E-state index contributed by atoms with van der Waals surface area (Å²) in [7, 11) is -2.09. The lowest BCUT2D eigenvalue weighted by atomic mass is 10.2. The lowest BCUT2D eigenvalue weighted by Crippen LogP contribution is -2.30. The van der Waals surface area contributed by atoms with Gasteiger partial charge in [0.1, 0.15) is 5.75 Å². The molecule has 0 spiro atoms. The second kappa shape index (κ2) is 10.8. The lowest BCUT2D eigenvalue weighted by molar-refractivity contribution is 0.102. The van der Waals surface area contributed by atoms with E-state index in [1.807, 2.05) is 60.0 Å². The van der Waals surface area contributed by atoms with Crippen LogP contribution in [-0.2, 0) is 16.6 Å². The third kappa shape index (κ3) is 5.76. The molecule has 0 aliphatic carbocycles. The van der Waals surface area contributed by atoms with Crippen molar-refractivity contribution in [3.63, 3.8) is 0 Å². The number of carbonyl (C=O) groups is 1. The SMILES string of the molecule is CCN(Cc1ccccc1)S(=O)(=O)c1ccc(C(=O)Nc2nc(-c3ccc(OC)cc3)cs2)cc1. The number of amides is 1. The van der Waals surface area contributed by atoms with Gasteiger partial charge in [-0.15, -0.1) is 11.3 Å². The number of methoxy groups -OCH3 is 1. The number of hydrogen-bond donors (Lipinski definition) is 1. The molecule has 3 aromatic carbocycles. The molecule has 0 unspecified atom stereocenters. The Kier molecular flexibility index (Phi) is 7.60. The lowest BCUT2D eigenvalue weighted by Gasteiger charge is -2.20. The van der Waals surface area contributed by atoms with Crippen LogP contribution in [0.4, 0.5) is 5.13 Å². The second-order valence-corrected chi connectivity index (χ2v) is 10.5. The molecule has 1 N–H and O–H groups in total. The summed E-state index contributed by atoms with van der Waals surface area (Å²) < 4.78 is 32.8. The number of sulfonamides is 1. The van der Waals surface area contributed by atoms with E-state index in [-0.39, 0.29) is 17.3 Å². The first-order valence-corrected chi connectivity index (χ1v) is 13.3. The minimum atomic E-state index is -3.70. The Balaban J connectivity index is 1.44. The first-order chi connectivity index (χ1) is 16.9. The van der Waals surface area contributed by atoms with Crippen molar-refractivity contribution in [2.45, 2.75) is 18.4 Å². The Labute approximate surface area is 209 Å². The van der Waals surface area contributed by atoms with Crippen molar-refractivity contribution in [3.8, 4) is 17.0 Å². The van der Waals surface area contributed by atoms with Crippen molar-refractivity contribution < 1.29 is 17.9 Å². The monoisotopic (exact) mass is 507 g/mol. The Morgan fingerprint density at radius 2 is 1.69 bits per heavy atom. The summed E-state index contributed by atoms with van der Waals surface area (Å²) in [6.45, 7) is 2.42. The van der Waals surface area contributed by atoms with Gasteiger partial charge in [-0.05, 0) is 54.1 Å². The second-order valence-electron chi connectivity index (χ2n) is 7.66. The Bertz CT molecular complexity index is 1380. The van der Waals surface area contributed by atoms with Gasteiger partial charge >= 0.3 is 0 Å². The molecule has 0 radical (unpaired) electrons. The first-order valence-electron chi connectivity index (χ1n) is 11.0. The van der Waals surface area contributed by atoms with E-state index in [9.17, 15) is 13.2 Å². The van der Waals surface area contributed by atoms with Crippen LogP contribution in [0, 0.1) is 0 Å². The van der Waals surface area contributed by atoms with E-state index in [0.717, 1.165) is 22.6 Å². The van der Waals surface area contributed by atoms with E-state index >= 15 is 0 Å². The Hall–Kier alpha value is -3.53. The number of nitrogens with one attached hydrogen (secondary N) is 1. The summed E-state index contributed by atoms with van der Waals surface area (Å²) >= 11 is 1.32. The molecule has 0 atom stereocenters. The molecule has 4 aromatic rings. The number of thiazole rings is 1. The molecule has 7 nitrogen and oxygen atoms in total. The van der Waals surface area contributed by atoms with Crippen LogP contribution >= 0.6 is 11.3 Å². The maximum absolute atomic E-state index is 13.1. The van der Waals surface area contributed by atoms with E-state index in [4.69, 9.17) is 4.74 Å². The zero-order chi connectivity index (χ0) is 24.8. The molecule has 9 heteroatoms. The van der Waals surface area contributed by atoms with Gasteiger partial charge in [-0.1, -0.05) is 37.3 Å². The summed E-state index contributed by atoms with van der Waals surface area (Å²) in [4.78, 5) is 17.3. The molecule has 0 aliphatic heterocycles. The molecule has 35 heavy (non-hydrogen) atoms. The highest BCUT2D eigenvalue weighted by Crippen LogP contribution is 2.27. The number of nitrogens with zero attached hydrogens (tertiary/aromatic N) is 2. The van der Waals surface area contributed by atoms with Gasteiger partial charge in [0.25, 0.3) is 5.91 Å². The van der Waals surface area contributed by atoms with Crippen LogP contribution in [0.1, 0.15) is 22.8 Å². The molecule has 4 rings (SSSR count). The highest BCUT2D eigenvalue weighted by Gasteiger charge is 2.23. The van der Waals surface area contributed by atoms with Crippen molar-refractivity contribution in [2.24, 2.45) is 0 Å². The van der Waals surface area contributed by atoms with Crippen LogP contribution in [0.3, 0.4) is 0 Å². The number of benzene rings is 3. The van der Waals surface area contributed by atoms with Gasteiger partial charge in [0.15, 0.2) is 5.13 Å². The Morgan fingerprint density at radius 3 is 2.31 bits per heavy atom. The van der Waals surface area contributed by atoms with E-state index < -0.39 is 10.0 Å². The summed E-state index contributed by atoms with van der Waals surface area (Å²) in [5, 5.41) is 5.10. The van der Waals surface area contributed by atoms with Crippen molar-refractivity contribution in [2.75, 3.05) is 19.0 Å². The van der Waals surface area contributed by atoms with E-state index in [1.54, 1.807) is 14.0 Å². The zero-order valence-corrected chi connectivity index (χ0v) is 21.0. The van der Waals surface area contributed by atoms with E-state index in [2.05, 4.69) is 10.3 Å². The van der Waals surface area contributed by atoms with Crippen molar-refractivity contribution >= 4 is 32.4 Å². The normalized spacial score (nSPS) is 11.4. The molecule has 1 aromatic heterocycles. The van der Waals surface area contributed by atoms with Crippen LogP contribution in [0.2, 0.25) is 0 Å². The number of anilines is 1. The van der Waals surface area contributed by atoms with Gasteiger partial charge in [0, 0.05) is 29.6 Å². The van der Waals surface area contributed by atoms with Gasteiger partial charge < -0.3 is 4.74 Å². The van der Waals surface area contributed by atoms with Gasteiger partial charge in [0.05, 0.1) is 17.7 Å². The maximum atomic E-state index is 13.1. The third-order valence-electron chi connectivity index (χ3n) is 5.42. The number of hydrogen-bond acceptors (Lipinski definition) is 6. The first kappa shape index (κ1) is 24.6. The third-order valence-corrected chi connectivity index (χ3v) is 8.11. The highest BCUT2D eigenvalue weighted by molar-refractivity contribution is 7.89. The number of ether oxygens (including phenoxy) is 1. The van der Waals surface area contributed by atoms with Crippen molar-refractivity contribution in [3.05, 3.63) is 95.4 Å². The summed E-state index contributed by atoms with van der Waals surface area (Å²) in [6.07, 6.45) is 0. The quantitative estimate of drug-likeness (QED) is 0.333. The molecular weight excluding hydrogens is 482 g/mol. The molecule has 1 heterocycles. The predicted octanol–water partition coefficient (Wildman–Crippen LogP) is 5.28. The van der Waals surface area contributed by atoms with Crippen LogP contribution < -0.4 is 10.1 Å². The predicted molar refractivity (Wildman–Crippen MR) is 138 cm³/mol. The number of carbonyl (C=O) groups excluding carboxylic acids is 1. The molecular formula is C26H25N3O4S2.